The van der Waals surface area contributed by atoms with Crippen LogP contribution in [0, 0.1) is 0 Å². The summed E-state index contributed by atoms with van der Waals surface area (Å²) in [5, 5.41) is 4.80. The Kier molecular flexibility index (Phi) is 6.48. The molecule has 2 saturated heterocycles. The van der Waals surface area contributed by atoms with Gasteiger partial charge in [-0.15, -0.1) is 0 Å². The quantitative estimate of drug-likeness (QED) is 0.481. The minimum Gasteiger partial charge on any atom is -0.379 e. The third kappa shape index (κ3) is 5.20. The van der Waals surface area contributed by atoms with Crippen molar-refractivity contribution in [2.24, 2.45) is 5.10 Å². The van der Waals surface area contributed by atoms with Crippen molar-refractivity contribution in [3.63, 3.8) is 0 Å². The van der Waals surface area contributed by atoms with Crippen LogP contribution < -0.4 is 5.43 Å². The summed E-state index contributed by atoms with van der Waals surface area (Å²) < 4.78 is 10.7. The van der Waals surface area contributed by atoms with Gasteiger partial charge in [0.2, 0.25) is 0 Å². The molecule has 0 radical (unpaired) electrons. The maximum Gasteiger partial charge on any atom is 0.189 e. The molecule has 2 aliphatic heterocycles. The average Bonchev–Trinajstić information content (AvgIpc) is 2.65. The summed E-state index contributed by atoms with van der Waals surface area (Å²) in [7, 11) is 0. The predicted octanol–water partition coefficient (Wildman–Crippen LogP) is 0.454. The second-order valence-electron chi connectivity index (χ2n) is 5.75. The number of pyridine rings is 1. The molecule has 2 fully saturated rings. The molecule has 8 heteroatoms. The van der Waals surface area contributed by atoms with E-state index >= 15 is 0 Å². The van der Waals surface area contributed by atoms with Crippen molar-refractivity contribution in [2.75, 3.05) is 52.6 Å². The number of hydrogen-bond acceptors (Lipinski definition) is 6. The zero-order valence-electron chi connectivity index (χ0n) is 13.7. The summed E-state index contributed by atoms with van der Waals surface area (Å²) in [6.07, 6.45) is 3.59. The van der Waals surface area contributed by atoms with E-state index in [4.69, 9.17) is 21.7 Å². The normalized spacial score (nSPS) is 19.6. The van der Waals surface area contributed by atoms with Crippen LogP contribution in [0.4, 0.5) is 0 Å². The molecule has 24 heavy (non-hydrogen) atoms. The Morgan fingerprint density at radius 3 is 2.54 bits per heavy atom. The number of rotatable bonds is 4. The van der Waals surface area contributed by atoms with Crippen LogP contribution in [-0.2, 0) is 16.0 Å². The molecule has 0 aromatic carbocycles. The van der Waals surface area contributed by atoms with E-state index in [1.807, 2.05) is 12.3 Å². The minimum atomic E-state index is 0.624. The lowest BCUT2D eigenvalue weighted by molar-refractivity contribution is 0.0341. The highest BCUT2D eigenvalue weighted by Gasteiger charge is 2.13. The van der Waals surface area contributed by atoms with Crippen LogP contribution in [0.1, 0.15) is 11.3 Å². The molecule has 0 spiro atoms. The molecule has 0 aliphatic carbocycles. The molecule has 1 aromatic heterocycles. The van der Waals surface area contributed by atoms with Crippen LogP contribution in [0.5, 0.6) is 0 Å². The third-order valence-corrected chi connectivity index (χ3v) is 4.36. The van der Waals surface area contributed by atoms with Gasteiger partial charge in [0.15, 0.2) is 5.11 Å². The highest BCUT2D eigenvalue weighted by Crippen LogP contribution is 2.06. The second-order valence-corrected chi connectivity index (χ2v) is 6.14. The maximum absolute atomic E-state index is 5.36. The molecule has 0 saturated carbocycles. The topological polar surface area (TPSA) is 62.2 Å². The zero-order valence-corrected chi connectivity index (χ0v) is 14.5. The molecule has 2 aliphatic rings. The Morgan fingerprint density at radius 2 is 1.88 bits per heavy atom. The van der Waals surface area contributed by atoms with E-state index < -0.39 is 0 Å². The van der Waals surface area contributed by atoms with Gasteiger partial charge in [0.25, 0.3) is 0 Å². The smallest absolute Gasteiger partial charge is 0.189 e. The van der Waals surface area contributed by atoms with E-state index in [1.54, 1.807) is 6.21 Å². The van der Waals surface area contributed by atoms with Gasteiger partial charge >= 0.3 is 0 Å². The number of hydrazone groups is 1. The van der Waals surface area contributed by atoms with Gasteiger partial charge < -0.3 is 14.4 Å². The molecule has 7 nitrogen and oxygen atoms in total. The van der Waals surface area contributed by atoms with E-state index in [2.05, 4.69) is 31.4 Å². The Bertz CT molecular complexity index is 554. The Morgan fingerprint density at radius 1 is 1.17 bits per heavy atom. The lowest BCUT2D eigenvalue weighted by Gasteiger charge is -2.28. The van der Waals surface area contributed by atoms with Crippen molar-refractivity contribution in [1.29, 1.82) is 0 Å². The first-order valence-corrected chi connectivity index (χ1v) is 8.63. The second kappa shape index (κ2) is 9.03. The van der Waals surface area contributed by atoms with Gasteiger partial charge in [0.1, 0.15) is 0 Å². The van der Waals surface area contributed by atoms with Crippen molar-refractivity contribution in [1.82, 2.24) is 20.2 Å². The molecule has 1 N–H and O–H groups in total. The molecule has 0 atom stereocenters. The Labute approximate surface area is 147 Å². The molecule has 3 heterocycles. The van der Waals surface area contributed by atoms with E-state index in [1.165, 1.54) is 5.56 Å². The van der Waals surface area contributed by atoms with Gasteiger partial charge in [-0.2, -0.15) is 5.10 Å². The first-order valence-electron chi connectivity index (χ1n) is 8.22. The minimum absolute atomic E-state index is 0.624. The summed E-state index contributed by atoms with van der Waals surface area (Å²) in [5.41, 5.74) is 4.89. The number of ether oxygens (including phenoxy) is 2. The molecule has 0 bridgehead atoms. The highest BCUT2D eigenvalue weighted by molar-refractivity contribution is 7.80. The number of hydrogen-bond donors (Lipinski definition) is 1. The molecular formula is C16H23N5O2S. The monoisotopic (exact) mass is 349 g/mol. The van der Waals surface area contributed by atoms with Crippen LogP contribution >= 0.6 is 12.2 Å². The number of nitrogens with one attached hydrogen (secondary N) is 1. The Balaban J connectivity index is 1.45. The number of nitrogens with zero attached hydrogens (tertiary/aromatic N) is 4. The summed E-state index contributed by atoms with van der Waals surface area (Å²) in [4.78, 5) is 8.85. The lowest BCUT2D eigenvalue weighted by atomic mass is 10.2. The standard InChI is InChI=1S/C16H23N5O2S/c24-16(21-5-9-23-10-6-21)19-18-12-15-2-1-14(11-17-15)13-20-3-7-22-8-4-20/h1-2,11-12H,3-10,13H2,(H,19,24)/b18-12+. The Hall–Kier alpha value is -1.61. The maximum atomic E-state index is 5.36. The van der Waals surface area contributed by atoms with Gasteiger partial charge in [0.05, 0.1) is 38.3 Å². The highest BCUT2D eigenvalue weighted by atomic mass is 32.1. The fourth-order valence-corrected chi connectivity index (χ4v) is 2.85. The summed E-state index contributed by atoms with van der Waals surface area (Å²) in [5.74, 6) is 0. The summed E-state index contributed by atoms with van der Waals surface area (Å²) >= 11 is 5.31. The van der Waals surface area contributed by atoms with Gasteiger partial charge in [-0.25, -0.2) is 0 Å². The summed E-state index contributed by atoms with van der Waals surface area (Å²) in [6.45, 7) is 7.51. The van der Waals surface area contributed by atoms with Crippen molar-refractivity contribution in [3.8, 4) is 0 Å². The number of thiocarbonyl (C=S) groups is 1. The largest absolute Gasteiger partial charge is 0.379 e. The number of morpholine rings is 2. The van der Waals surface area contributed by atoms with E-state index in [0.29, 0.717) is 18.3 Å². The van der Waals surface area contributed by atoms with Crippen molar-refractivity contribution >= 4 is 23.5 Å². The van der Waals surface area contributed by atoms with Crippen LogP contribution in [0.25, 0.3) is 0 Å². The fourth-order valence-electron chi connectivity index (χ4n) is 2.61. The molecular weight excluding hydrogens is 326 g/mol. The molecule has 3 rings (SSSR count). The van der Waals surface area contributed by atoms with E-state index in [9.17, 15) is 0 Å². The van der Waals surface area contributed by atoms with Gasteiger partial charge in [0, 0.05) is 38.9 Å². The van der Waals surface area contributed by atoms with Crippen LogP contribution in [0.2, 0.25) is 0 Å². The molecule has 0 amide bonds. The van der Waals surface area contributed by atoms with Crippen LogP contribution in [0.3, 0.4) is 0 Å². The van der Waals surface area contributed by atoms with Gasteiger partial charge in [-0.05, 0) is 23.8 Å². The molecule has 1 aromatic rings. The first kappa shape index (κ1) is 17.2. The fraction of sp³-hybridized carbons (Fsp3) is 0.562. The van der Waals surface area contributed by atoms with E-state index in [-0.39, 0.29) is 0 Å². The lowest BCUT2D eigenvalue weighted by Crippen LogP contribution is -2.44. The van der Waals surface area contributed by atoms with Gasteiger partial charge in [-0.3, -0.25) is 15.3 Å². The first-order chi connectivity index (χ1) is 11.8. The van der Waals surface area contributed by atoms with Crippen LogP contribution in [0.15, 0.2) is 23.4 Å². The van der Waals surface area contributed by atoms with Crippen molar-refractivity contribution in [2.45, 2.75) is 6.54 Å². The number of aromatic nitrogens is 1. The van der Waals surface area contributed by atoms with Crippen LogP contribution in [-0.4, -0.2) is 78.7 Å². The third-order valence-electron chi connectivity index (χ3n) is 4.01. The van der Waals surface area contributed by atoms with Crippen molar-refractivity contribution < 1.29 is 9.47 Å². The van der Waals surface area contributed by atoms with Crippen molar-refractivity contribution in [3.05, 3.63) is 29.6 Å². The average molecular weight is 349 g/mol. The zero-order chi connectivity index (χ0) is 16.6. The predicted molar refractivity (Wildman–Crippen MR) is 96.1 cm³/mol. The van der Waals surface area contributed by atoms with Gasteiger partial charge in [-0.1, -0.05) is 6.07 Å². The SMILES string of the molecule is S=C(N/N=C/c1ccc(CN2CCOCC2)cn1)N1CCOCC1. The molecule has 130 valence electrons. The molecule has 0 unspecified atom stereocenters. The summed E-state index contributed by atoms with van der Waals surface area (Å²) in [6, 6.07) is 4.06. The van der Waals surface area contributed by atoms with E-state index in [0.717, 1.165) is 51.6 Å².